The zero-order chi connectivity index (χ0) is 26.0. The van der Waals surface area contributed by atoms with Crippen molar-refractivity contribution in [2.75, 3.05) is 20.7 Å². The van der Waals surface area contributed by atoms with E-state index in [4.69, 9.17) is 4.74 Å². The molecule has 0 saturated carbocycles. The van der Waals surface area contributed by atoms with Crippen molar-refractivity contribution in [3.8, 4) is 17.2 Å². The Morgan fingerprint density at radius 2 is 1.69 bits per heavy atom. The molecule has 1 unspecified atom stereocenters. The normalized spacial score (nSPS) is 12.0. The van der Waals surface area contributed by atoms with Gasteiger partial charge in [0.1, 0.15) is 17.2 Å². The number of nitrogens with one attached hydrogen (secondary N) is 1. The van der Waals surface area contributed by atoms with Crippen molar-refractivity contribution in [1.29, 1.82) is 0 Å². The van der Waals surface area contributed by atoms with Gasteiger partial charge in [0.05, 0.1) is 6.04 Å². The number of likely N-dealkylation sites (N-methyl/N-ethyl adjacent to an activating group) is 1. The van der Waals surface area contributed by atoms with E-state index in [0.717, 1.165) is 18.2 Å². The van der Waals surface area contributed by atoms with Crippen molar-refractivity contribution >= 4 is 17.9 Å². The maximum Gasteiger partial charge on any atom is 0.387 e. The predicted octanol–water partition coefficient (Wildman–Crippen LogP) is 4.64. The maximum atomic E-state index is 12.7. The van der Waals surface area contributed by atoms with Crippen LogP contribution in [0, 0.1) is 0 Å². The Labute approximate surface area is 200 Å². The van der Waals surface area contributed by atoms with Crippen LogP contribution in [0.5, 0.6) is 17.2 Å². The van der Waals surface area contributed by atoms with Crippen LogP contribution in [0.25, 0.3) is 6.08 Å². The molecule has 0 aromatic heterocycles. The lowest BCUT2D eigenvalue weighted by Crippen LogP contribution is -2.29. The highest BCUT2D eigenvalue weighted by atomic mass is 19.3. The largest absolute Gasteiger partial charge is 0.483 e. The Bertz CT molecular complexity index is 1030. The molecule has 2 aromatic carbocycles. The van der Waals surface area contributed by atoms with Gasteiger partial charge in [-0.1, -0.05) is 25.1 Å². The number of para-hydroxylation sites is 1. The fraction of sp³-hybridized carbons (Fsp3) is 0.333. The minimum absolute atomic E-state index is 0.0565. The quantitative estimate of drug-likeness (QED) is 0.341. The number of rotatable bonds is 12. The lowest BCUT2D eigenvalue weighted by atomic mass is 10.0. The second-order valence-electron chi connectivity index (χ2n) is 7.37. The molecule has 2 rings (SSSR count). The van der Waals surface area contributed by atoms with E-state index in [2.05, 4.69) is 14.8 Å². The van der Waals surface area contributed by atoms with E-state index >= 15 is 0 Å². The molecule has 1 atom stereocenters. The van der Waals surface area contributed by atoms with E-state index in [0.29, 0.717) is 17.7 Å². The number of hydrogen-bond donors (Lipinski definition) is 1. The number of halogens is 4. The zero-order valence-corrected chi connectivity index (χ0v) is 19.3. The van der Waals surface area contributed by atoms with Crippen molar-refractivity contribution in [2.45, 2.75) is 32.6 Å². The number of hydrogen-bond acceptors (Lipinski definition) is 5. The monoisotopic (exact) mass is 498 g/mol. The fourth-order valence-corrected chi connectivity index (χ4v) is 2.98. The number of nitrogens with zero attached hydrogens (tertiary/aromatic N) is 1. The maximum absolute atomic E-state index is 12.7. The summed E-state index contributed by atoms with van der Waals surface area (Å²) in [5.41, 5.74) is 0.708. The molecule has 7 nitrogen and oxygen atoms in total. The number of carbonyl (C=O) groups is 2. The third kappa shape index (κ3) is 8.84. The molecule has 0 heterocycles. The Hall–Kier alpha value is -3.76. The summed E-state index contributed by atoms with van der Waals surface area (Å²) < 4.78 is 64.5. The molecule has 2 amide bonds. The molecular weight excluding hydrogens is 472 g/mol. The second kappa shape index (κ2) is 13.2. The zero-order valence-electron chi connectivity index (χ0n) is 19.3. The van der Waals surface area contributed by atoms with E-state index in [-0.39, 0.29) is 23.8 Å². The average Bonchev–Trinajstić information content (AvgIpc) is 2.80. The molecule has 0 saturated heterocycles. The lowest BCUT2D eigenvalue weighted by molar-refractivity contribution is -0.130. The highest BCUT2D eigenvalue weighted by molar-refractivity contribution is 5.92. The van der Waals surface area contributed by atoms with Crippen LogP contribution in [0.1, 0.15) is 30.5 Å². The van der Waals surface area contributed by atoms with Gasteiger partial charge in [-0.3, -0.25) is 9.59 Å². The Balaban J connectivity index is 2.16. The molecule has 1 N–H and O–H groups in total. The molecule has 0 aliphatic rings. The van der Waals surface area contributed by atoms with E-state index in [1.807, 2.05) is 6.92 Å². The molecule has 0 aliphatic heterocycles. The van der Waals surface area contributed by atoms with Crippen LogP contribution in [0.2, 0.25) is 0 Å². The summed E-state index contributed by atoms with van der Waals surface area (Å²) in [5, 5.41) is 2.79. The summed E-state index contributed by atoms with van der Waals surface area (Å²) in [6.45, 7) is -4.68. The summed E-state index contributed by atoms with van der Waals surface area (Å²) in [5.74, 6) is -1.15. The van der Waals surface area contributed by atoms with Gasteiger partial charge in [0.25, 0.3) is 5.91 Å². The molecule has 0 bridgehead atoms. The number of amides is 2. The minimum Gasteiger partial charge on any atom is -0.483 e. The smallest absolute Gasteiger partial charge is 0.387 e. The van der Waals surface area contributed by atoms with Crippen LogP contribution >= 0.6 is 0 Å². The molecule has 0 fully saturated rings. The molecule has 190 valence electrons. The first-order valence-electron chi connectivity index (χ1n) is 10.5. The van der Waals surface area contributed by atoms with Gasteiger partial charge in [-0.2, -0.15) is 17.6 Å². The molecule has 2 aromatic rings. The Kier molecular flexibility index (Phi) is 10.4. The number of alkyl halides is 4. The second-order valence-corrected chi connectivity index (χ2v) is 7.37. The molecule has 0 radical (unpaired) electrons. The van der Waals surface area contributed by atoms with E-state index in [1.54, 1.807) is 38.4 Å². The van der Waals surface area contributed by atoms with Crippen LogP contribution in [0.15, 0.2) is 48.5 Å². The number of ether oxygens (including phenoxy) is 3. The van der Waals surface area contributed by atoms with Crippen LogP contribution in [-0.4, -0.2) is 50.6 Å². The van der Waals surface area contributed by atoms with Crippen molar-refractivity contribution in [3.05, 3.63) is 59.7 Å². The van der Waals surface area contributed by atoms with E-state index in [1.165, 1.54) is 17.0 Å². The van der Waals surface area contributed by atoms with Crippen LogP contribution in [-0.2, 0) is 9.59 Å². The van der Waals surface area contributed by atoms with Crippen molar-refractivity contribution in [3.63, 3.8) is 0 Å². The van der Waals surface area contributed by atoms with Crippen LogP contribution in [0.3, 0.4) is 0 Å². The van der Waals surface area contributed by atoms with E-state index < -0.39 is 30.9 Å². The van der Waals surface area contributed by atoms with Crippen molar-refractivity contribution < 1.29 is 41.4 Å². The van der Waals surface area contributed by atoms with Crippen molar-refractivity contribution in [1.82, 2.24) is 10.2 Å². The first-order valence-corrected chi connectivity index (χ1v) is 10.5. The van der Waals surface area contributed by atoms with Gasteiger partial charge in [0.2, 0.25) is 5.91 Å². The number of benzene rings is 2. The highest BCUT2D eigenvalue weighted by Gasteiger charge is 2.18. The summed E-state index contributed by atoms with van der Waals surface area (Å²) in [7, 11) is 3.21. The first-order chi connectivity index (χ1) is 16.6. The summed E-state index contributed by atoms with van der Waals surface area (Å²) in [6, 6.07) is 9.69. The Morgan fingerprint density at radius 3 is 2.31 bits per heavy atom. The van der Waals surface area contributed by atoms with Crippen LogP contribution < -0.4 is 19.5 Å². The van der Waals surface area contributed by atoms with Crippen LogP contribution in [0.4, 0.5) is 17.6 Å². The molecule has 0 spiro atoms. The topological polar surface area (TPSA) is 77.1 Å². The van der Waals surface area contributed by atoms with Gasteiger partial charge in [0, 0.05) is 37.4 Å². The SMILES string of the molecule is CCC(NC(=O)C=Cc1ccc(OC(F)F)cc1OC(F)F)c1ccccc1OCC(=O)N(C)C. The third-order valence-electron chi connectivity index (χ3n) is 4.71. The van der Waals surface area contributed by atoms with Gasteiger partial charge >= 0.3 is 13.2 Å². The fourth-order valence-electron chi connectivity index (χ4n) is 2.98. The molecule has 11 heteroatoms. The van der Waals surface area contributed by atoms with E-state index in [9.17, 15) is 27.2 Å². The average molecular weight is 498 g/mol. The number of carbonyl (C=O) groups excluding carboxylic acids is 2. The summed E-state index contributed by atoms with van der Waals surface area (Å²) >= 11 is 0. The standard InChI is InChI=1S/C24H26F4N2O5/c1-4-18(17-7-5-6-8-19(17)33-14-22(32)30(2)3)29-21(31)12-10-15-9-11-16(34-23(25)26)13-20(15)35-24(27)28/h5-13,18,23-24H,4,14H2,1-3H3,(H,29,31). The van der Waals surface area contributed by atoms with Gasteiger partial charge < -0.3 is 24.4 Å². The summed E-state index contributed by atoms with van der Waals surface area (Å²) in [4.78, 5) is 25.8. The predicted molar refractivity (Wildman–Crippen MR) is 121 cm³/mol. The van der Waals surface area contributed by atoms with Crippen molar-refractivity contribution in [2.24, 2.45) is 0 Å². The minimum atomic E-state index is -3.21. The molecular formula is C24H26F4N2O5. The molecule has 0 aliphatic carbocycles. The van der Waals surface area contributed by atoms with Gasteiger partial charge in [-0.25, -0.2) is 0 Å². The van der Waals surface area contributed by atoms with Gasteiger partial charge in [-0.05, 0) is 30.7 Å². The highest BCUT2D eigenvalue weighted by Crippen LogP contribution is 2.29. The Morgan fingerprint density at radius 1 is 1.00 bits per heavy atom. The van der Waals surface area contributed by atoms with Gasteiger partial charge in [-0.15, -0.1) is 0 Å². The first kappa shape index (κ1) is 27.5. The third-order valence-corrected chi connectivity index (χ3v) is 4.71. The van der Waals surface area contributed by atoms with Gasteiger partial charge in [0.15, 0.2) is 6.61 Å². The summed E-state index contributed by atoms with van der Waals surface area (Å²) in [6.07, 6.45) is 2.80. The molecule has 35 heavy (non-hydrogen) atoms. The lowest BCUT2D eigenvalue weighted by Gasteiger charge is -2.20.